The average Bonchev–Trinajstić information content (AvgIpc) is 2.93. The normalized spacial score (nSPS) is 25.4. The first-order valence-corrected chi connectivity index (χ1v) is 7.24. The molecule has 2 aliphatic rings. The molecule has 0 saturated carbocycles. The van der Waals surface area contributed by atoms with Gasteiger partial charge in [0.25, 0.3) is 5.56 Å². The van der Waals surface area contributed by atoms with Crippen molar-refractivity contribution in [3.05, 3.63) is 58.4 Å². The lowest BCUT2D eigenvalue weighted by Crippen LogP contribution is -2.46. The Kier molecular flexibility index (Phi) is 2.77. The van der Waals surface area contributed by atoms with Gasteiger partial charge in [0.15, 0.2) is 0 Å². The number of hydrogen-bond donors (Lipinski definition) is 0. The number of pyridine rings is 1. The van der Waals surface area contributed by atoms with Crippen molar-refractivity contribution in [1.82, 2.24) is 9.47 Å². The van der Waals surface area contributed by atoms with Crippen LogP contribution in [0.2, 0.25) is 0 Å². The molecule has 0 aromatic carbocycles. The molecule has 0 N–H and O–H groups in total. The zero-order chi connectivity index (χ0) is 13.5. The molecule has 4 rings (SSSR count). The summed E-state index contributed by atoms with van der Waals surface area (Å²) < 4.78 is 7.43. The van der Waals surface area contributed by atoms with Gasteiger partial charge in [-0.05, 0) is 30.5 Å². The lowest BCUT2D eigenvalue weighted by atomic mass is 9.83. The van der Waals surface area contributed by atoms with Crippen molar-refractivity contribution >= 4 is 0 Å². The number of fused-ring (bicyclic) bond motifs is 4. The first kappa shape index (κ1) is 12.0. The SMILES string of the molecule is O=c1cccc2n1C[C@H]1C[C@@H]2CN(Cc2ccco2)C1. The number of piperidine rings is 1. The molecule has 2 bridgehead atoms. The van der Waals surface area contributed by atoms with E-state index in [1.54, 1.807) is 12.3 Å². The summed E-state index contributed by atoms with van der Waals surface area (Å²) in [5.41, 5.74) is 1.36. The van der Waals surface area contributed by atoms with E-state index in [9.17, 15) is 4.79 Å². The quantitative estimate of drug-likeness (QED) is 0.838. The lowest BCUT2D eigenvalue weighted by Gasteiger charge is -2.42. The van der Waals surface area contributed by atoms with E-state index in [1.807, 2.05) is 22.8 Å². The van der Waals surface area contributed by atoms with Crippen LogP contribution in [0, 0.1) is 5.92 Å². The van der Waals surface area contributed by atoms with Gasteiger partial charge >= 0.3 is 0 Å². The van der Waals surface area contributed by atoms with Gasteiger partial charge < -0.3 is 8.98 Å². The van der Waals surface area contributed by atoms with Crippen LogP contribution >= 0.6 is 0 Å². The van der Waals surface area contributed by atoms with Gasteiger partial charge in [0.2, 0.25) is 0 Å². The number of likely N-dealkylation sites (tertiary alicyclic amines) is 1. The Bertz CT molecular complexity index is 659. The Morgan fingerprint density at radius 1 is 1.15 bits per heavy atom. The second kappa shape index (κ2) is 4.63. The second-order valence-corrected chi connectivity index (χ2v) is 5.97. The van der Waals surface area contributed by atoms with Crippen molar-refractivity contribution in [2.24, 2.45) is 5.92 Å². The standard InChI is InChI=1S/C16H18N2O2/c19-16-5-1-4-15-13-7-12(9-18(15)16)8-17(10-13)11-14-3-2-6-20-14/h1-6,12-13H,7-11H2/t12-,13+/m0/s1. The molecule has 0 unspecified atom stereocenters. The molecule has 4 heterocycles. The maximum Gasteiger partial charge on any atom is 0.250 e. The molecule has 0 radical (unpaired) electrons. The Labute approximate surface area is 117 Å². The maximum atomic E-state index is 12.0. The highest BCUT2D eigenvalue weighted by Crippen LogP contribution is 2.35. The predicted octanol–water partition coefficient (Wildman–Crippen LogP) is 2.06. The fraction of sp³-hybridized carbons (Fsp3) is 0.438. The van der Waals surface area contributed by atoms with Gasteiger partial charge in [-0.3, -0.25) is 9.69 Å². The largest absolute Gasteiger partial charge is 0.468 e. The molecule has 1 saturated heterocycles. The average molecular weight is 270 g/mol. The van der Waals surface area contributed by atoms with Gasteiger partial charge in [0.1, 0.15) is 5.76 Å². The molecule has 104 valence electrons. The number of rotatable bonds is 2. The number of furan rings is 1. The van der Waals surface area contributed by atoms with Crippen molar-refractivity contribution in [1.29, 1.82) is 0 Å². The summed E-state index contributed by atoms with van der Waals surface area (Å²) in [4.78, 5) is 14.4. The van der Waals surface area contributed by atoms with Crippen LogP contribution in [-0.4, -0.2) is 22.6 Å². The molecule has 4 nitrogen and oxygen atoms in total. The molecule has 2 aromatic rings. The van der Waals surface area contributed by atoms with Crippen molar-refractivity contribution in [3.63, 3.8) is 0 Å². The van der Waals surface area contributed by atoms with E-state index in [0.29, 0.717) is 11.8 Å². The summed E-state index contributed by atoms with van der Waals surface area (Å²) in [6.07, 6.45) is 2.94. The van der Waals surface area contributed by atoms with E-state index < -0.39 is 0 Å². The van der Waals surface area contributed by atoms with E-state index in [0.717, 1.165) is 31.9 Å². The molecule has 2 atom stereocenters. The molecule has 4 heteroatoms. The van der Waals surface area contributed by atoms with E-state index in [1.165, 1.54) is 12.1 Å². The van der Waals surface area contributed by atoms with Crippen molar-refractivity contribution in [2.75, 3.05) is 13.1 Å². The summed E-state index contributed by atoms with van der Waals surface area (Å²) in [5.74, 6) is 2.08. The first-order chi connectivity index (χ1) is 9.79. The fourth-order valence-electron chi connectivity index (χ4n) is 3.75. The maximum absolute atomic E-state index is 12.0. The minimum Gasteiger partial charge on any atom is -0.468 e. The van der Waals surface area contributed by atoms with E-state index in [2.05, 4.69) is 11.0 Å². The van der Waals surface area contributed by atoms with Crippen LogP contribution in [0.4, 0.5) is 0 Å². The summed E-state index contributed by atoms with van der Waals surface area (Å²) >= 11 is 0. The van der Waals surface area contributed by atoms with Gasteiger partial charge in [-0.15, -0.1) is 0 Å². The molecular weight excluding hydrogens is 252 g/mol. The molecule has 0 amide bonds. The zero-order valence-corrected chi connectivity index (χ0v) is 11.4. The van der Waals surface area contributed by atoms with Crippen molar-refractivity contribution in [3.8, 4) is 0 Å². The Morgan fingerprint density at radius 3 is 2.95 bits per heavy atom. The highest BCUT2D eigenvalue weighted by Gasteiger charge is 2.34. The summed E-state index contributed by atoms with van der Waals surface area (Å²) in [6, 6.07) is 9.64. The molecule has 2 aromatic heterocycles. The third-order valence-electron chi connectivity index (χ3n) is 4.51. The fourth-order valence-corrected chi connectivity index (χ4v) is 3.75. The minimum absolute atomic E-state index is 0.150. The Hall–Kier alpha value is -1.81. The zero-order valence-electron chi connectivity index (χ0n) is 11.4. The van der Waals surface area contributed by atoms with Gasteiger partial charge in [-0.1, -0.05) is 6.07 Å². The Balaban J connectivity index is 1.60. The van der Waals surface area contributed by atoms with Crippen LogP contribution in [0.1, 0.15) is 23.8 Å². The van der Waals surface area contributed by atoms with E-state index in [4.69, 9.17) is 4.42 Å². The van der Waals surface area contributed by atoms with Crippen molar-refractivity contribution in [2.45, 2.75) is 25.4 Å². The minimum atomic E-state index is 0.150. The molecule has 1 fully saturated rings. The predicted molar refractivity (Wildman–Crippen MR) is 75.5 cm³/mol. The van der Waals surface area contributed by atoms with E-state index >= 15 is 0 Å². The molecule has 0 aliphatic carbocycles. The van der Waals surface area contributed by atoms with Crippen LogP contribution in [0.25, 0.3) is 0 Å². The number of nitrogens with zero attached hydrogens (tertiary/aromatic N) is 2. The van der Waals surface area contributed by atoms with Crippen LogP contribution in [0.3, 0.4) is 0 Å². The summed E-state index contributed by atoms with van der Waals surface area (Å²) in [5, 5.41) is 0. The smallest absolute Gasteiger partial charge is 0.250 e. The highest BCUT2D eigenvalue weighted by molar-refractivity contribution is 5.17. The monoisotopic (exact) mass is 270 g/mol. The van der Waals surface area contributed by atoms with Gasteiger partial charge in [0, 0.05) is 37.3 Å². The third-order valence-corrected chi connectivity index (χ3v) is 4.51. The van der Waals surface area contributed by atoms with Crippen molar-refractivity contribution < 1.29 is 4.42 Å². The molecular formula is C16H18N2O2. The second-order valence-electron chi connectivity index (χ2n) is 5.97. The molecule has 20 heavy (non-hydrogen) atoms. The van der Waals surface area contributed by atoms with Gasteiger partial charge in [0.05, 0.1) is 12.8 Å². The molecule has 2 aliphatic heterocycles. The Morgan fingerprint density at radius 2 is 2.10 bits per heavy atom. The summed E-state index contributed by atoms with van der Waals surface area (Å²) in [7, 11) is 0. The molecule has 0 spiro atoms. The van der Waals surface area contributed by atoms with Crippen LogP contribution in [0.15, 0.2) is 45.8 Å². The highest BCUT2D eigenvalue weighted by atomic mass is 16.3. The van der Waals surface area contributed by atoms with Gasteiger partial charge in [-0.2, -0.15) is 0 Å². The third kappa shape index (κ3) is 2.00. The van der Waals surface area contributed by atoms with Crippen LogP contribution < -0.4 is 5.56 Å². The van der Waals surface area contributed by atoms with E-state index in [-0.39, 0.29) is 5.56 Å². The summed E-state index contributed by atoms with van der Waals surface area (Å²) in [6.45, 7) is 3.80. The number of aromatic nitrogens is 1. The number of hydrogen-bond acceptors (Lipinski definition) is 3. The van der Waals surface area contributed by atoms with Gasteiger partial charge in [-0.25, -0.2) is 0 Å². The van der Waals surface area contributed by atoms with Crippen LogP contribution in [-0.2, 0) is 13.1 Å². The lowest BCUT2D eigenvalue weighted by molar-refractivity contribution is 0.108. The topological polar surface area (TPSA) is 38.4 Å². The first-order valence-electron chi connectivity index (χ1n) is 7.24. The van der Waals surface area contributed by atoms with Crippen LogP contribution in [0.5, 0.6) is 0 Å².